The minimum atomic E-state index is -0.312. The summed E-state index contributed by atoms with van der Waals surface area (Å²) in [5.74, 6) is 0.343. The Morgan fingerprint density at radius 1 is 1.57 bits per heavy atom. The zero-order valence-corrected chi connectivity index (χ0v) is 9.07. The first-order valence-corrected chi connectivity index (χ1v) is 5.03. The molecule has 0 amide bonds. The van der Waals surface area contributed by atoms with Crippen LogP contribution in [0.2, 0.25) is 0 Å². The average Bonchev–Trinajstić information content (AvgIpc) is 2.60. The van der Waals surface area contributed by atoms with Crippen LogP contribution in [0.4, 0.5) is 0 Å². The van der Waals surface area contributed by atoms with Gasteiger partial charge in [0.1, 0.15) is 0 Å². The predicted octanol–water partition coefficient (Wildman–Crippen LogP) is 1.02. The molecule has 0 aliphatic rings. The van der Waals surface area contributed by atoms with Crippen LogP contribution >= 0.6 is 0 Å². The number of hydrogen-bond acceptors (Lipinski definition) is 3. The van der Waals surface area contributed by atoms with Crippen molar-refractivity contribution in [2.75, 3.05) is 6.61 Å². The first-order valence-electron chi connectivity index (χ1n) is 5.03. The van der Waals surface area contributed by atoms with Crippen molar-refractivity contribution in [3.05, 3.63) is 17.5 Å². The minimum Gasteiger partial charge on any atom is -0.394 e. The molecule has 0 bridgehead atoms. The van der Waals surface area contributed by atoms with Gasteiger partial charge in [-0.3, -0.25) is 4.68 Å². The van der Waals surface area contributed by atoms with Gasteiger partial charge in [-0.25, -0.2) is 0 Å². The SMILES string of the molecule is CCn1cc(C(N)CO)c(C(C)C)n1. The molecule has 4 nitrogen and oxygen atoms in total. The van der Waals surface area contributed by atoms with E-state index >= 15 is 0 Å². The van der Waals surface area contributed by atoms with Gasteiger partial charge < -0.3 is 10.8 Å². The number of aliphatic hydroxyl groups excluding tert-OH is 1. The van der Waals surface area contributed by atoms with Gasteiger partial charge in [0.15, 0.2) is 0 Å². The summed E-state index contributed by atoms with van der Waals surface area (Å²) in [5, 5.41) is 13.4. The number of aliphatic hydroxyl groups is 1. The zero-order chi connectivity index (χ0) is 10.7. The van der Waals surface area contributed by atoms with Crippen molar-refractivity contribution in [2.45, 2.75) is 39.3 Å². The van der Waals surface area contributed by atoms with E-state index in [0.29, 0.717) is 5.92 Å². The van der Waals surface area contributed by atoms with Crippen molar-refractivity contribution in [1.29, 1.82) is 0 Å². The van der Waals surface area contributed by atoms with Gasteiger partial charge in [0.05, 0.1) is 18.3 Å². The van der Waals surface area contributed by atoms with Crippen molar-refractivity contribution in [3.63, 3.8) is 0 Å². The molecule has 0 saturated heterocycles. The second kappa shape index (κ2) is 4.57. The van der Waals surface area contributed by atoms with E-state index in [1.807, 2.05) is 17.8 Å². The van der Waals surface area contributed by atoms with Crippen molar-refractivity contribution in [2.24, 2.45) is 5.73 Å². The van der Waals surface area contributed by atoms with Crippen molar-refractivity contribution < 1.29 is 5.11 Å². The standard InChI is InChI=1S/C10H19N3O/c1-4-13-5-8(9(11)6-14)10(12-13)7(2)3/h5,7,9,14H,4,6,11H2,1-3H3. The van der Waals surface area contributed by atoms with E-state index in [0.717, 1.165) is 17.8 Å². The molecule has 1 atom stereocenters. The Morgan fingerprint density at radius 2 is 2.21 bits per heavy atom. The van der Waals surface area contributed by atoms with Gasteiger partial charge in [-0.15, -0.1) is 0 Å². The quantitative estimate of drug-likeness (QED) is 0.757. The van der Waals surface area contributed by atoms with E-state index in [1.54, 1.807) is 0 Å². The van der Waals surface area contributed by atoms with Gasteiger partial charge >= 0.3 is 0 Å². The molecular weight excluding hydrogens is 178 g/mol. The Balaban J connectivity index is 3.05. The molecule has 0 aliphatic heterocycles. The van der Waals surface area contributed by atoms with E-state index in [-0.39, 0.29) is 12.6 Å². The van der Waals surface area contributed by atoms with Gasteiger partial charge in [0.2, 0.25) is 0 Å². The fraction of sp³-hybridized carbons (Fsp3) is 0.700. The van der Waals surface area contributed by atoms with E-state index in [4.69, 9.17) is 10.8 Å². The summed E-state index contributed by atoms with van der Waals surface area (Å²) < 4.78 is 1.86. The maximum Gasteiger partial charge on any atom is 0.0698 e. The molecule has 1 unspecified atom stereocenters. The van der Waals surface area contributed by atoms with Gasteiger partial charge in [-0.05, 0) is 12.8 Å². The first-order chi connectivity index (χ1) is 6.60. The number of hydrogen-bond donors (Lipinski definition) is 2. The number of nitrogens with two attached hydrogens (primary N) is 1. The lowest BCUT2D eigenvalue weighted by Gasteiger charge is -2.09. The largest absolute Gasteiger partial charge is 0.394 e. The molecule has 0 aliphatic carbocycles. The number of aromatic nitrogens is 2. The van der Waals surface area contributed by atoms with Crippen LogP contribution < -0.4 is 5.73 Å². The lowest BCUT2D eigenvalue weighted by Crippen LogP contribution is -2.15. The van der Waals surface area contributed by atoms with Crippen LogP contribution in [0.3, 0.4) is 0 Å². The third kappa shape index (κ3) is 2.13. The van der Waals surface area contributed by atoms with E-state index < -0.39 is 0 Å². The number of nitrogens with zero attached hydrogens (tertiary/aromatic N) is 2. The summed E-state index contributed by atoms with van der Waals surface area (Å²) in [4.78, 5) is 0. The molecule has 1 rings (SSSR count). The molecule has 14 heavy (non-hydrogen) atoms. The van der Waals surface area contributed by atoms with Crippen LogP contribution in [-0.2, 0) is 6.54 Å². The molecule has 1 aromatic rings. The molecule has 80 valence electrons. The van der Waals surface area contributed by atoms with Crippen LogP contribution in [0.5, 0.6) is 0 Å². The highest BCUT2D eigenvalue weighted by Gasteiger charge is 2.16. The van der Waals surface area contributed by atoms with Gasteiger partial charge in [-0.1, -0.05) is 13.8 Å². The smallest absolute Gasteiger partial charge is 0.0698 e. The highest BCUT2D eigenvalue weighted by molar-refractivity contribution is 5.23. The minimum absolute atomic E-state index is 0.0326. The van der Waals surface area contributed by atoms with Gasteiger partial charge in [0, 0.05) is 18.3 Å². The van der Waals surface area contributed by atoms with Crippen molar-refractivity contribution in [1.82, 2.24) is 9.78 Å². The average molecular weight is 197 g/mol. The van der Waals surface area contributed by atoms with E-state index in [2.05, 4.69) is 18.9 Å². The van der Waals surface area contributed by atoms with Crippen molar-refractivity contribution >= 4 is 0 Å². The normalized spacial score (nSPS) is 13.6. The molecular formula is C10H19N3O. The van der Waals surface area contributed by atoms with E-state index in [1.165, 1.54) is 0 Å². The Morgan fingerprint density at radius 3 is 2.64 bits per heavy atom. The Hall–Kier alpha value is -0.870. The van der Waals surface area contributed by atoms with Gasteiger partial charge in [-0.2, -0.15) is 5.10 Å². The summed E-state index contributed by atoms with van der Waals surface area (Å²) in [7, 11) is 0. The van der Waals surface area contributed by atoms with E-state index in [9.17, 15) is 0 Å². The van der Waals surface area contributed by atoms with Crippen LogP contribution in [0.1, 0.15) is 44.0 Å². The summed E-state index contributed by atoms with van der Waals surface area (Å²) >= 11 is 0. The van der Waals surface area contributed by atoms with Crippen LogP contribution in [-0.4, -0.2) is 21.5 Å². The Bertz CT molecular complexity index is 294. The number of rotatable bonds is 4. The maximum atomic E-state index is 9.01. The van der Waals surface area contributed by atoms with Crippen molar-refractivity contribution in [3.8, 4) is 0 Å². The highest BCUT2D eigenvalue weighted by Crippen LogP contribution is 2.22. The first kappa shape index (κ1) is 11.2. The molecule has 0 saturated carbocycles. The Labute approximate surface area is 84.7 Å². The summed E-state index contributed by atoms with van der Waals surface area (Å²) in [6, 6.07) is -0.312. The molecule has 1 aromatic heterocycles. The van der Waals surface area contributed by atoms with Crippen LogP contribution in [0, 0.1) is 0 Å². The molecule has 3 N–H and O–H groups in total. The second-order valence-corrected chi connectivity index (χ2v) is 3.77. The topological polar surface area (TPSA) is 64.1 Å². The summed E-state index contributed by atoms with van der Waals surface area (Å²) in [6.07, 6.45) is 1.93. The lowest BCUT2D eigenvalue weighted by molar-refractivity contribution is 0.267. The third-order valence-corrected chi connectivity index (χ3v) is 2.29. The maximum absolute atomic E-state index is 9.01. The molecule has 0 aromatic carbocycles. The monoisotopic (exact) mass is 197 g/mol. The highest BCUT2D eigenvalue weighted by atomic mass is 16.3. The molecule has 4 heteroatoms. The third-order valence-electron chi connectivity index (χ3n) is 2.29. The molecule has 0 fully saturated rings. The predicted molar refractivity (Wildman–Crippen MR) is 56.0 cm³/mol. The zero-order valence-electron chi connectivity index (χ0n) is 9.07. The fourth-order valence-electron chi connectivity index (χ4n) is 1.45. The molecule has 1 heterocycles. The second-order valence-electron chi connectivity index (χ2n) is 3.77. The van der Waals surface area contributed by atoms with Gasteiger partial charge in [0.25, 0.3) is 0 Å². The lowest BCUT2D eigenvalue weighted by atomic mass is 10.0. The Kier molecular flexibility index (Phi) is 3.66. The molecule has 0 radical (unpaired) electrons. The number of aryl methyl sites for hydroxylation is 1. The van der Waals surface area contributed by atoms with Crippen LogP contribution in [0.15, 0.2) is 6.20 Å². The fourth-order valence-corrected chi connectivity index (χ4v) is 1.45. The summed E-state index contributed by atoms with van der Waals surface area (Å²) in [5.41, 5.74) is 7.75. The summed E-state index contributed by atoms with van der Waals surface area (Å²) in [6.45, 7) is 6.99. The van der Waals surface area contributed by atoms with Crippen LogP contribution in [0.25, 0.3) is 0 Å². The molecule has 0 spiro atoms.